The van der Waals surface area contributed by atoms with E-state index < -0.39 is 228 Å². The van der Waals surface area contributed by atoms with E-state index in [2.05, 4.69) is 87.1 Å². The van der Waals surface area contributed by atoms with Crippen molar-refractivity contribution < 1.29 is 96.8 Å². The first kappa shape index (κ1) is 107. The van der Waals surface area contributed by atoms with Crippen LogP contribution in [0.15, 0.2) is 0 Å². The summed E-state index contributed by atoms with van der Waals surface area (Å²) in [6, 6.07) is -21.0. The number of thiol groups is 1. The van der Waals surface area contributed by atoms with E-state index in [0.717, 1.165) is 0 Å². The average molecular weight is 1720 g/mol. The van der Waals surface area contributed by atoms with E-state index in [0.29, 0.717) is 83.1 Å². The third kappa shape index (κ3) is 39.6. The number of nitrogens with two attached hydrogens (primary N) is 5. The number of carbonyl (C=O) groups excluding carboxylic acids is 16. The van der Waals surface area contributed by atoms with Crippen LogP contribution < -0.4 is 103 Å². The van der Waals surface area contributed by atoms with Gasteiger partial charge in [-0.15, -0.1) is 0 Å². The van der Waals surface area contributed by atoms with Crippen molar-refractivity contribution in [3.05, 3.63) is 0 Å². The Hall–Kier alpha value is -8.55. The number of likely N-dealkylation sites (tertiary alicyclic amines) is 1. The minimum absolute atomic E-state index is 0.00865. The van der Waals surface area contributed by atoms with Gasteiger partial charge in [-0.25, -0.2) is 4.79 Å². The Labute approximate surface area is 702 Å². The fourth-order valence-electron chi connectivity index (χ4n) is 12.7. The van der Waals surface area contributed by atoms with Gasteiger partial charge >= 0.3 is 5.97 Å². The molecule has 0 aromatic rings. The molecule has 1 rings (SSSR count). The van der Waals surface area contributed by atoms with Crippen LogP contribution >= 0.6 is 24.4 Å². The van der Waals surface area contributed by atoms with Gasteiger partial charge in [0.2, 0.25) is 94.5 Å². The number of amides is 16. The Morgan fingerprint density at radius 1 is 0.424 bits per heavy atom. The molecule has 40 nitrogen and oxygen atoms in total. The molecular weight excluding hydrogens is 1580 g/mol. The van der Waals surface area contributed by atoms with E-state index in [4.69, 9.17) is 28.7 Å². The van der Waals surface area contributed by atoms with Crippen LogP contribution in [0, 0.1) is 23.7 Å². The van der Waals surface area contributed by atoms with Crippen LogP contribution in [0.1, 0.15) is 198 Å². The number of rotatable bonds is 60. The Morgan fingerprint density at radius 2 is 0.788 bits per heavy atom. The standard InChI is InChI=1S/C76H138N20O20S2/c1-40(2)36-52(69(108)93-59(42(5)6)75(114)96-34-23-28-56(96)72(111)88-51(29-35-118-12)67(106)92-58(41(3)4)73(112)82-44(9)62(101)95-61(45(10)98)74(113)94-60(43(7)8)76(115)116)89-68(107)53(37-57(81)100)90-66(105)50(27-18-22-33-80)86-63(102)47(24-15-13-19-30-77)84-65(104)49(26-17-21-32-79)85-64(103)48(25-16-14-20-31-78)87-70(109)54(38-97)91-71(110)55(39-117)83-46(11)99/h40-45,47-56,58-61,97-98,117H,13-39,77-80H2,1-12H3,(H2,81,100)(H,82,112)(H,83,99)(H,84,104)(H,85,103)(H,86,102)(H,87,109)(H,88,111)(H,89,107)(H,90,105)(H,91,110)(H,92,106)(H,93,108)(H,94,113)(H,95,101)(H,115,116)/t44-,45-,47-,48-,49-,50-,51-,52-,53-,54-,55-,56-,58-,59-,60-,61-/m0/s1. The predicted octanol–water partition coefficient (Wildman–Crippen LogP) is -4.87. The van der Waals surface area contributed by atoms with Crippen LogP contribution in [0.3, 0.4) is 0 Å². The number of carboxylic acids is 1. The van der Waals surface area contributed by atoms with E-state index in [1.165, 1.54) is 37.4 Å². The van der Waals surface area contributed by atoms with Crippen molar-refractivity contribution in [2.75, 3.05) is 57.1 Å². The molecule has 42 heteroatoms. The lowest BCUT2D eigenvalue weighted by Gasteiger charge is -2.33. The van der Waals surface area contributed by atoms with Crippen molar-refractivity contribution in [2.45, 2.75) is 295 Å². The second kappa shape index (κ2) is 57.6. The molecule has 118 heavy (non-hydrogen) atoms. The van der Waals surface area contributed by atoms with Crippen molar-refractivity contribution in [2.24, 2.45) is 52.3 Å². The van der Waals surface area contributed by atoms with Gasteiger partial charge in [0.15, 0.2) is 0 Å². The first-order chi connectivity index (χ1) is 55.6. The SMILES string of the molecule is CSCC[C@H](NC(=O)[C@@H]1CCCN1C(=O)[C@@H](NC(=O)[C@H](CC(C)C)NC(=O)[C@H](CC(N)=O)NC(=O)[C@H](CCCCN)NC(=O)[C@H](CCCCCN)NC(=O)[C@H](CCCCN)NC(=O)[C@H](CCCCCN)NC(=O)[C@H](CO)NC(=O)[C@H](CS)NC(C)=O)C(C)C)C(=O)N[C@H](C(=O)N[C@@H](C)C(=O)N[C@H](C(=O)N[C@H](C(=O)O)C(C)C)[C@H](C)O)C(C)C. The maximum atomic E-state index is 14.8. The third-order valence-corrected chi connectivity index (χ3v) is 20.5. The fourth-order valence-corrected chi connectivity index (χ4v) is 13.4. The minimum atomic E-state index is -1.79. The van der Waals surface area contributed by atoms with E-state index in [1.54, 1.807) is 61.6 Å². The molecule has 1 fully saturated rings. The molecule has 1 aliphatic heterocycles. The zero-order valence-electron chi connectivity index (χ0n) is 70.6. The highest BCUT2D eigenvalue weighted by molar-refractivity contribution is 7.98. The average Bonchev–Trinajstić information content (AvgIpc) is 1.62. The summed E-state index contributed by atoms with van der Waals surface area (Å²) in [5, 5.41) is 66.1. The monoisotopic (exact) mass is 1710 g/mol. The number of aliphatic carboxylic acids is 1. The number of carbonyl (C=O) groups is 17. The highest BCUT2D eigenvalue weighted by Gasteiger charge is 2.43. The maximum Gasteiger partial charge on any atom is 0.326 e. The van der Waals surface area contributed by atoms with Gasteiger partial charge < -0.3 is 123 Å². The summed E-state index contributed by atoms with van der Waals surface area (Å²) < 4.78 is 0. The van der Waals surface area contributed by atoms with Crippen LogP contribution in [-0.4, -0.2) is 275 Å². The van der Waals surface area contributed by atoms with Crippen molar-refractivity contribution in [3.8, 4) is 0 Å². The van der Waals surface area contributed by atoms with Crippen LogP contribution in [0.2, 0.25) is 0 Å². The summed E-state index contributed by atoms with van der Waals surface area (Å²) in [4.78, 5) is 236. The summed E-state index contributed by atoms with van der Waals surface area (Å²) in [5.74, 6) is -17.2. The summed E-state index contributed by atoms with van der Waals surface area (Å²) in [6.45, 7) is 16.8. The van der Waals surface area contributed by atoms with Gasteiger partial charge in [0.1, 0.15) is 90.6 Å². The topological polar surface area (TPSA) is 653 Å². The van der Waals surface area contributed by atoms with E-state index in [9.17, 15) is 96.8 Å². The zero-order chi connectivity index (χ0) is 89.6. The third-order valence-electron chi connectivity index (χ3n) is 19.5. The first-order valence-corrected chi connectivity index (χ1v) is 42.8. The minimum Gasteiger partial charge on any atom is -0.480 e. The molecule has 27 N–H and O–H groups in total. The molecule has 0 saturated carbocycles. The largest absolute Gasteiger partial charge is 0.480 e. The molecule has 0 radical (unpaired) electrons. The summed E-state index contributed by atoms with van der Waals surface area (Å²) in [7, 11) is 0. The second-order valence-electron chi connectivity index (χ2n) is 31.2. The number of hydrogen-bond donors (Lipinski definition) is 23. The number of primary amides is 1. The Morgan fingerprint density at radius 3 is 1.19 bits per heavy atom. The summed E-state index contributed by atoms with van der Waals surface area (Å²) in [5.41, 5.74) is 28.9. The lowest BCUT2D eigenvalue weighted by molar-refractivity contribution is -0.144. The van der Waals surface area contributed by atoms with Gasteiger partial charge in [0.25, 0.3) is 0 Å². The van der Waals surface area contributed by atoms with Crippen molar-refractivity contribution in [1.29, 1.82) is 0 Å². The van der Waals surface area contributed by atoms with Crippen molar-refractivity contribution >= 4 is 125 Å². The summed E-state index contributed by atoms with van der Waals surface area (Å²) in [6.07, 6.45) is 3.79. The van der Waals surface area contributed by atoms with Crippen LogP contribution in [0.25, 0.3) is 0 Å². The molecule has 0 aliphatic carbocycles. The molecule has 1 heterocycles. The highest BCUT2D eigenvalue weighted by atomic mass is 32.2. The molecule has 0 unspecified atom stereocenters. The number of thioether (sulfide) groups is 1. The Kier molecular flexibility index (Phi) is 52.4. The van der Waals surface area contributed by atoms with Gasteiger partial charge in [-0.05, 0) is 166 Å². The van der Waals surface area contributed by atoms with E-state index in [-0.39, 0.29) is 82.7 Å². The van der Waals surface area contributed by atoms with Crippen LogP contribution in [0.5, 0.6) is 0 Å². The molecule has 1 aliphatic rings. The number of nitrogens with one attached hydrogen (secondary N) is 14. The van der Waals surface area contributed by atoms with Crippen molar-refractivity contribution in [3.63, 3.8) is 0 Å². The summed E-state index contributed by atoms with van der Waals surface area (Å²) >= 11 is 5.45. The molecule has 0 spiro atoms. The highest BCUT2D eigenvalue weighted by Crippen LogP contribution is 2.23. The number of carboxylic acid groups (broad SMARTS) is 1. The molecule has 674 valence electrons. The number of aliphatic hydroxyl groups is 2. The lowest BCUT2D eigenvalue weighted by Crippen LogP contribution is -2.62. The van der Waals surface area contributed by atoms with E-state index >= 15 is 0 Å². The van der Waals surface area contributed by atoms with Crippen LogP contribution in [-0.2, 0) is 81.5 Å². The lowest BCUT2D eigenvalue weighted by atomic mass is 9.98. The quantitative estimate of drug-likeness (QED) is 0.0201. The molecule has 0 aromatic carbocycles. The number of hydrogen-bond acceptors (Lipinski definition) is 25. The number of aliphatic hydroxyl groups excluding tert-OH is 2. The van der Waals surface area contributed by atoms with Gasteiger partial charge in [0, 0.05) is 19.2 Å². The second-order valence-corrected chi connectivity index (χ2v) is 32.6. The zero-order valence-corrected chi connectivity index (χ0v) is 72.3. The predicted molar refractivity (Wildman–Crippen MR) is 445 cm³/mol. The Bertz CT molecular complexity index is 3270. The molecular formula is C76H138N20O20S2. The van der Waals surface area contributed by atoms with Gasteiger partial charge in [0.05, 0.1) is 19.1 Å². The van der Waals surface area contributed by atoms with Crippen molar-refractivity contribution in [1.82, 2.24) is 79.3 Å². The van der Waals surface area contributed by atoms with E-state index in [1.807, 2.05) is 0 Å². The first-order valence-electron chi connectivity index (χ1n) is 40.8. The van der Waals surface area contributed by atoms with Gasteiger partial charge in [-0.1, -0.05) is 81.1 Å². The molecule has 16 atom stereocenters. The maximum absolute atomic E-state index is 14.8. The number of nitrogens with zero attached hydrogens (tertiary/aromatic N) is 1. The Balaban J connectivity index is 3.64. The smallest absolute Gasteiger partial charge is 0.326 e. The number of unbranched alkanes of at least 4 members (excludes halogenated alkanes) is 6. The van der Waals surface area contributed by atoms with Crippen LogP contribution in [0.4, 0.5) is 0 Å². The molecule has 0 aromatic heterocycles. The molecule has 0 bridgehead atoms. The van der Waals surface area contributed by atoms with Gasteiger partial charge in [-0.3, -0.25) is 76.7 Å². The molecule has 16 amide bonds. The fraction of sp³-hybridized carbons (Fsp3) is 0.776. The van der Waals surface area contributed by atoms with Gasteiger partial charge in [-0.2, -0.15) is 24.4 Å². The normalized spacial score (nSPS) is 16.5. The molecule has 1 saturated heterocycles.